The van der Waals surface area contributed by atoms with Crippen molar-refractivity contribution >= 4 is 33.2 Å². The Kier molecular flexibility index (Phi) is 9.80. The summed E-state index contributed by atoms with van der Waals surface area (Å²) in [5.41, 5.74) is 0.698. The van der Waals surface area contributed by atoms with Crippen LogP contribution in [0.1, 0.15) is 89.0 Å². The number of hydrogen-bond donors (Lipinski definition) is 2. The van der Waals surface area contributed by atoms with Crippen LogP contribution in [0.25, 0.3) is 0 Å². The van der Waals surface area contributed by atoms with E-state index in [4.69, 9.17) is 0 Å². The Morgan fingerprint density at radius 3 is 2.20 bits per heavy atom. The van der Waals surface area contributed by atoms with Gasteiger partial charge >= 0.3 is 0 Å². The monoisotopic (exact) mass is 650 g/mol. The summed E-state index contributed by atoms with van der Waals surface area (Å²) in [4.78, 5) is 37.3. The number of sulfonamides is 1. The van der Waals surface area contributed by atoms with Gasteiger partial charge in [0.2, 0.25) is 21.8 Å². The predicted octanol–water partition coefficient (Wildman–Crippen LogP) is 6.42. The molecule has 0 saturated heterocycles. The van der Waals surface area contributed by atoms with Crippen LogP contribution in [0.15, 0.2) is 53.4 Å². The van der Waals surface area contributed by atoms with E-state index in [9.17, 15) is 28.1 Å². The van der Waals surface area contributed by atoms with Crippen molar-refractivity contribution in [3.8, 4) is 0 Å². The highest BCUT2D eigenvalue weighted by Gasteiger charge is 2.51. The summed E-state index contributed by atoms with van der Waals surface area (Å²) in [6.45, 7) is 0.403. The summed E-state index contributed by atoms with van der Waals surface area (Å²) in [5.74, 6) is 1.73. The number of amides is 2. The molecule has 2 N–H and O–H groups in total. The van der Waals surface area contributed by atoms with Gasteiger partial charge in [-0.3, -0.25) is 25.0 Å². The van der Waals surface area contributed by atoms with E-state index in [2.05, 4.69) is 10.6 Å². The van der Waals surface area contributed by atoms with Gasteiger partial charge in [-0.05, 0) is 98.1 Å². The third-order valence-corrected chi connectivity index (χ3v) is 12.7. The quantitative estimate of drug-likeness (QED) is 0.189. The van der Waals surface area contributed by atoms with Crippen LogP contribution in [0.2, 0.25) is 0 Å². The van der Waals surface area contributed by atoms with Crippen LogP contribution < -0.4 is 10.6 Å². The molecule has 4 bridgehead atoms. The van der Waals surface area contributed by atoms with Crippen LogP contribution in [0.5, 0.6) is 0 Å². The van der Waals surface area contributed by atoms with E-state index >= 15 is 0 Å². The molecular formula is C35H46N4O6S. The van der Waals surface area contributed by atoms with E-state index in [1.165, 1.54) is 42.1 Å². The molecule has 5 aliphatic rings. The van der Waals surface area contributed by atoms with Crippen molar-refractivity contribution in [2.75, 3.05) is 18.4 Å². The average Bonchev–Trinajstić information content (AvgIpc) is 3.01. The third kappa shape index (κ3) is 7.62. The van der Waals surface area contributed by atoms with Crippen LogP contribution in [-0.2, 0) is 26.2 Å². The van der Waals surface area contributed by atoms with Gasteiger partial charge in [0.15, 0.2) is 0 Å². The van der Waals surface area contributed by atoms with E-state index in [-0.39, 0.29) is 41.4 Å². The lowest BCUT2D eigenvalue weighted by atomic mass is 9.49. The topological polar surface area (TPSA) is 139 Å². The minimum Gasteiger partial charge on any atom is -0.379 e. The smallest absolute Gasteiger partial charge is 0.293 e. The number of imide groups is 1. The Labute approximate surface area is 271 Å². The first kappa shape index (κ1) is 32.6. The molecule has 5 saturated carbocycles. The third-order valence-electron chi connectivity index (χ3n) is 10.9. The van der Waals surface area contributed by atoms with Crippen LogP contribution >= 0.6 is 0 Å². The number of anilines is 1. The van der Waals surface area contributed by atoms with Crippen molar-refractivity contribution in [1.29, 1.82) is 0 Å². The highest BCUT2D eigenvalue weighted by molar-refractivity contribution is 7.89. The number of benzene rings is 2. The molecule has 2 amide bonds. The molecular weight excluding hydrogens is 604 g/mol. The zero-order chi connectivity index (χ0) is 32.3. The zero-order valence-electron chi connectivity index (χ0n) is 26.5. The van der Waals surface area contributed by atoms with Crippen molar-refractivity contribution in [2.45, 2.75) is 94.9 Å². The van der Waals surface area contributed by atoms with Crippen LogP contribution in [0.3, 0.4) is 0 Å². The van der Waals surface area contributed by atoms with E-state index in [0.29, 0.717) is 47.9 Å². The predicted molar refractivity (Wildman–Crippen MR) is 175 cm³/mol. The summed E-state index contributed by atoms with van der Waals surface area (Å²) < 4.78 is 29.1. The lowest BCUT2D eigenvalue weighted by Gasteiger charge is -2.56. The second-order valence-corrected chi connectivity index (χ2v) is 16.4. The number of hydrogen-bond acceptors (Lipinski definition) is 7. The first-order valence-electron chi connectivity index (χ1n) is 17.0. The van der Waals surface area contributed by atoms with Gasteiger partial charge in [-0.25, -0.2) is 8.42 Å². The Morgan fingerprint density at radius 1 is 0.913 bits per heavy atom. The summed E-state index contributed by atoms with van der Waals surface area (Å²) in [6, 6.07) is 13.0. The number of rotatable bonds is 13. The van der Waals surface area contributed by atoms with Gasteiger partial charge in [-0.15, -0.1) is 0 Å². The second-order valence-electron chi connectivity index (χ2n) is 14.5. The van der Waals surface area contributed by atoms with E-state index in [1.54, 1.807) is 24.3 Å². The Balaban J connectivity index is 1.13. The van der Waals surface area contributed by atoms with Crippen molar-refractivity contribution in [3.05, 3.63) is 64.2 Å². The molecule has 2 aromatic rings. The van der Waals surface area contributed by atoms with Crippen molar-refractivity contribution < 1.29 is 22.9 Å². The lowest BCUT2D eigenvalue weighted by Crippen LogP contribution is -2.48. The molecule has 248 valence electrons. The summed E-state index contributed by atoms with van der Waals surface area (Å²) in [5, 5.41) is 17.8. The molecule has 0 spiro atoms. The second kappa shape index (κ2) is 13.8. The molecule has 0 atom stereocenters. The molecule has 0 aromatic heterocycles. The first-order valence-corrected chi connectivity index (χ1v) is 18.4. The van der Waals surface area contributed by atoms with E-state index < -0.39 is 20.9 Å². The number of carbonyl (C=O) groups excluding carboxylic acids is 2. The molecule has 5 aliphatic carbocycles. The van der Waals surface area contributed by atoms with Gasteiger partial charge in [0.1, 0.15) is 5.69 Å². The number of nitro groups is 1. The molecule has 7 rings (SSSR count). The number of nitro benzene ring substituents is 1. The van der Waals surface area contributed by atoms with Gasteiger partial charge in [0, 0.05) is 38.5 Å². The fourth-order valence-corrected chi connectivity index (χ4v) is 10.6. The molecule has 5 fully saturated rings. The highest BCUT2D eigenvalue weighted by Crippen LogP contribution is 2.61. The van der Waals surface area contributed by atoms with Gasteiger partial charge in [-0.1, -0.05) is 49.6 Å². The van der Waals surface area contributed by atoms with Crippen LogP contribution in [0.4, 0.5) is 11.4 Å². The molecule has 0 aliphatic heterocycles. The van der Waals surface area contributed by atoms with Crippen molar-refractivity contribution in [1.82, 2.24) is 9.62 Å². The van der Waals surface area contributed by atoms with Gasteiger partial charge in [-0.2, -0.15) is 4.31 Å². The minimum absolute atomic E-state index is 0.00601. The van der Waals surface area contributed by atoms with Crippen LogP contribution in [-0.4, -0.2) is 42.6 Å². The molecule has 0 radical (unpaired) electrons. The number of nitrogens with zero attached hydrogens (tertiary/aromatic N) is 2. The molecule has 0 unspecified atom stereocenters. The van der Waals surface area contributed by atoms with Crippen LogP contribution in [0, 0.1) is 39.2 Å². The standard InChI is InChI=1S/C35H46N4O6S/c40-33(37-34(41)22-35-19-27-15-28(20-35)17-29(16-27)21-35)13-14-38(24-26-9-5-2-6-10-26)46(44,45)30-11-12-31(32(18-30)39(42)43)36-23-25-7-3-1-4-8-25/h2,5-6,9-12,18,25,27-29,36H,1,3-4,7-8,13-17,19-24H2,(H,37,40,41). The number of carbonyl (C=O) groups is 2. The number of nitrogens with one attached hydrogen (secondary N) is 2. The first-order chi connectivity index (χ1) is 22.1. The Hall–Kier alpha value is -3.31. The maximum atomic E-state index is 14.0. The Morgan fingerprint density at radius 2 is 1.57 bits per heavy atom. The molecule has 0 heterocycles. The summed E-state index contributed by atoms with van der Waals surface area (Å²) in [7, 11) is -4.23. The minimum atomic E-state index is -4.23. The highest BCUT2D eigenvalue weighted by atomic mass is 32.2. The van der Waals surface area contributed by atoms with Gasteiger partial charge < -0.3 is 5.32 Å². The van der Waals surface area contributed by atoms with E-state index in [0.717, 1.165) is 51.0 Å². The zero-order valence-corrected chi connectivity index (χ0v) is 27.3. The maximum Gasteiger partial charge on any atom is 0.293 e. The largest absolute Gasteiger partial charge is 0.379 e. The molecule has 46 heavy (non-hydrogen) atoms. The fraction of sp³-hybridized carbons (Fsp3) is 0.600. The lowest BCUT2D eigenvalue weighted by molar-refractivity contribution is -0.384. The average molecular weight is 651 g/mol. The fourth-order valence-electron chi connectivity index (χ4n) is 9.17. The van der Waals surface area contributed by atoms with Gasteiger partial charge in [0.25, 0.3) is 5.69 Å². The van der Waals surface area contributed by atoms with Crippen molar-refractivity contribution in [3.63, 3.8) is 0 Å². The molecule has 2 aromatic carbocycles. The molecule has 11 heteroatoms. The SMILES string of the molecule is O=C(CCN(Cc1ccccc1)S(=O)(=O)c1ccc(NCC2CCCCC2)c([N+](=O)[O-])c1)NC(=O)CC12CC3CC(CC(C3)C1)C2. The normalized spacial score (nSPS) is 25.8. The summed E-state index contributed by atoms with van der Waals surface area (Å²) >= 11 is 0. The summed E-state index contributed by atoms with van der Waals surface area (Å²) in [6.07, 6.45) is 12.8. The Bertz CT molecular complexity index is 1500. The maximum absolute atomic E-state index is 14.0. The van der Waals surface area contributed by atoms with Gasteiger partial charge in [0.05, 0.1) is 9.82 Å². The van der Waals surface area contributed by atoms with Crippen molar-refractivity contribution in [2.24, 2.45) is 29.1 Å². The molecule has 10 nitrogen and oxygen atoms in total. The van der Waals surface area contributed by atoms with E-state index in [1.807, 2.05) is 6.07 Å².